The molecular weight excluding hydrogens is 416 g/mol. The Kier molecular flexibility index (Phi) is 6.32. The molecule has 2 aliphatic rings. The molecule has 0 saturated carbocycles. The van der Waals surface area contributed by atoms with Crippen molar-refractivity contribution in [1.82, 2.24) is 10.2 Å². The number of benzene rings is 1. The first-order valence-corrected chi connectivity index (χ1v) is 9.93. The van der Waals surface area contributed by atoms with Gasteiger partial charge >= 0.3 is 11.9 Å². The first-order valence-electron chi connectivity index (χ1n) is 8.88. The van der Waals surface area contributed by atoms with Crippen LogP contribution >= 0.6 is 11.8 Å². The summed E-state index contributed by atoms with van der Waals surface area (Å²) in [5.74, 6) is -2.55. The number of esters is 1. The van der Waals surface area contributed by atoms with Gasteiger partial charge in [0.1, 0.15) is 23.4 Å². The summed E-state index contributed by atoms with van der Waals surface area (Å²) in [5, 5.41) is 11.3. The first kappa shape index (κ1) is 21.7. The number of β-lactam (4-membered cyclic amide) rings is 1. The zero-order chi connectivity index (χ0) is 21.9. The van der Waals surface area contributed by atoms with Gasteiger partial charge in [-0.2, -0.15) is 0 Å². The van der Waals surface area contributed by atoms with E-state index in [1.165, 1.54) is 25.8 Å². The molecule has 2 amide bonds. The monoisotopic (exact) mass is 436 g/mol. The Balaban J connectivity index is 1.74. The number of carbonyl (C=O) groups is 4. The van der Waals surface area contributed by atoms with Gasteiger partial charge in [-0.1, -0.05) is 18.2 Å². The number of aliphatic carboxylic acids is 1. The van der Waals surface area contributed by atoms with Crippen LogP contribution in [0.3, 0.4) is 0 Å². The van der Waals surface area contributed by atoms with Crippen LogP contribution in [0.2, 0.25) is 0 Å². The number of carbonyl (C=O) groups excluding carboxylic acids is 3. The fourth-order valence-corrected chi connectivity index (χ4v) is 4.57. The highest BCUT2D eigenvalue weighted by Gasteiger charge is 2.66. The van der Waals surface area contributed by atoms with E-state index >= 15 is 0 Å². The number of hydrogen-bond donors (Lipinski definition) is 2. The van der Waals surface area contributed by atoms with E-state index in [0.717, 1.165) is 4.90 Å². The second kappa shape index (κ2) is 8.76. The Labute approximate surface area is 176 Å². The molecule has 3 rings (SSSR count). The van der Waals surface area contributed by atoms with Crippen LogP contribution in [0.15, 0.2) is 41.6 Å². The van der Waals surface area contributed by atoms with Gasteiger partial charge in [0.05, 0.1) is 0 Å². The van der Waals surface area contributed by atoms with Crippen LogP contribution in [0.1, 0.15) is 6.92 Å². The molecule has 160 valence electrons. The van der Waals surface area contributed by atoms with Gasteiger partial charge in [0, 0.05) is 25.4 Å². The Morgan fingerprint density at radius 3 is 2.60 bits per heavy atom. The molecule has 2 aliphatic heterocycles. The predicted molar refractivity (Wildman–Crippen MR) is 104 cm³/mol. The quantitative estimate of drug-likeness (QED) is 0.336. The standard InChI is InChI=1S/C19H20N2O8S/c1-11(22)28-8-12-10-30-18-19(27-2,17(26)21(18)15(12)16(24)25)20-14(23)9-29-13-6-4-3-5-7-13/h3-7,18H,8-10H2,1-2H3,(H,20,23)(H,24,25)/t18-,19-/m0/s1. The summed E-state index contributed by atoms with van der Waals surface area (Å²) < 4.78 is 15.6. The van der Waals surface area contributed by atoms with Crippen molar-refractivity contribution in [3.63, 3.8) is 0 Å². The third kappa shape index (κ3) is 3.98. The highest BCUT2D eigenvalue weighted by atomic mass is 32.2. The maximum atomic E-state index is 12.9. The Morgan fingerprint density at radius 1 is 1.30 bits per heavy atom. The summed E-state index contributed by atoms with van der Waals surface area (Å²) in [5.41, 5.74) is -1.70. The van der Waals surface area contributed by atoms with E-state index in [2.05, 4.69) is 5.32 Å². The summed E-state index contributed by atoms with van der Waals surface area (Å²) in [7, 11) is 1.26. The smallest absolute Gasteiger partial charge is 0.352 e. The molecule has 0 spiro atoms. The van der Waals surface area contributed by atoms with E-state index in [-0.39, 0.29) is 30.2 Å². The van der Waals surface area contributed by atoms with E-state index in [1.807, 2.05) is 0 Å². The fourth-order valence-electron chi connectivity index (χ4n) is 3.15. The molecule has 2 atom stereocenters. The summed E-state index contributed by atoms with van der Waals surface area (Å²) in [4.78, 5) is 49.1. The molecular formula is C19H20N2O8S. The molecule has 1 saturated heterocycles. The van der Waals surface area contributed by atoms with Crippen LogP contribution in [0.4, 0.5) is 0 Å². The Morgan fingerprint density at radius 2 is 2.00 bits per heavy atom. The van der Waals surface area contributed by atoms with Gasteiger partial charge < -0.3 is 24.6 Å². The number of fused-ring (bicyclic) bond motifs is 1. The molecule has 0 radical (unpaired) electrons. The molecule has 0 unspecified atom stereocenters. The minimum Gasteiger partial charge on any atom is -0.484 e. The fraction of sp³-hybridized carbons (Fsp3) is 0.368. The highest BCUT2D eigenvalue weighted by molar-refractivity contribution is 8.00. The predicted octanol–water partition coefficient (Wildman–Crippen LogP) is 0.341. The van der Waals surface area contributed by atoms with Crippen LogP contribution in [0.5, 0.6) is 5.75 Å². The third-order valence-corrected chi connectivity index (χ3v) is 5.90. The molecule has 0 bridgehead atoms. The lowest BCUT2D eigenvalue weighted by atomic mass is 9.98. The van der Waals surface area contributed by atoms with Gasteiger partial charge in [-0.3, -0.25) is 19.3 Å². The number of nitrogens with one attached hydrogen (secondary N) is 1. The normalized spacial score (nSPS) is 22.7. The third-order valence-electron chi connectivity index (χ3n) is 4.52. The van der Waals surface area contributed by atoms with Crippen molar-refractivity contribution in [1.29, 1.82) is 0 Å². The maximum Gasteiger partial charge on any atom is 0.352 e. The summed E-state index contributed by atoms with van der Waals surface area (Å²) in [6.07, 6.45) is 0. The molecule has 1 aromatic rings. The molecule has 1 fully saturated rings. The first-order chi connectivity index (χ1) is 14.3. The second-order valence-corrected chi connectivity index (χ2v) is 7.53. The van der Waals surface area contributed by atoms with Crippen molar-refractivity contribution < 1.29 is 38.5 Å². The van der Waals surface area contributed by atoms with Crippen molar-refractivity contribution in [2.24, 2.45) is 0 Å². The summed E-state index contributed by atoms with van der Waals surface area (Å²) in [6, 6.07) is 8.67. The van der Waals surface area contributed by atoms with Crippen molar-refractivity contribution in [2.45, 2.75) is 18.0 Å². The minimum absolute atomic E-state index is 0.185. The largest absolute Gasteiger partial charge is 0.484 e. The minimum atomic E-state index is -1.71. The van der Waals surface area contributed by atoms with Gasteiger partial charge in [-0.25, -0.2) is 4.79 Å². The van der Waals surface area contributed by atoms with Gasteiger partial charge in [0.2, 0.25) is 0 Å². The van der Waals surface area contributed by atoms with Crippen molar-refractivity contribution in [2.75, 3.05) is 26.1 Å². The van der Waals surface area contributed by atoms with Gasteiger partial charge in [-0.05, 0) is 12.1 Å². The van der Waals surface area contributed by atoms with Crippen LogP contribution in [-0.4, -0.2) is 70.9 Å². The van der Waals surface area contributed by atoms with E-state index in [0.29, 0.717) is 5.75 Å². The Bertz CT molecular complexity index is 903. The molecule has 2 heterocycles. The number of nitrogens with zero attached hydrogens (tertiary/aromatic N) is 1. The van der Waals surface area contributed by atoms with E-state index in [1.54, 1.807) is 30.3 Å². The molecule has 1 aromatic carbocycles. The number of carboxylic acids is 1. The summed E-state index contributed by atoms with van der Waals surface area (Å²) >= 11 is 1.20. The zero-order valence-electron chi connectivity index (χ0n) is 16.2. The molecule has 11 heteroatoms. The van der Waals surface area contributed by atoms with Gasteiger partial charge in [0.25, 0.3) is 17.5 Å². The number of rotatable bonds is 8. The molecule has 0 aromatic heterocycles. The number of amides is 2. The highest BCUT2D eigenvalue weighted by Crippen LogP contribution is 2.46. The average Bonchev–Trinajstić information content (AvgIpc) is 2.74. The number of para-hydroxylation sites is 1. The second-order valence-electron chi connectivity index (χ2n) is 6.47. The van der Waals surface area contributed by atoms with Gasteiger partial charge in [0.15, 0.2) is 6.61 Å². The van der Waals surface area contributed by atoms with Gasteiger partial charge in [-0.15, -0.1) is 11.8 Å². The zero-order valence-corrected chi connectivity index (χ0v) is 17.1. The number of ether oxygens (including phenoxy) is 3. The van der Waals surface area contributed by atoms with Crippen molar-refractivity contribution in [3.8, 4) is 5.75 Å². The number of carboxylic acid groups (broad SMARTS) is 1. The van der Waals surface area contributed by atoms with E-state index in [4.69, 9.17) is 14.2 Å². The van der Waals surface area contributed by atoms with Crippen LogP contribution in [-0.2, 0) is 28.7 Å². The van der Waals surface area contributed by atoms with Crippen LogP contribution in [0.25, 0.3) is 0 Å². The lowest BCUT2D eigenvalue weighted by molar-refractivity contribution is -0.193. The van der Waals surface area contributed by atoms with Crippen LogP contribution < -0.4 is 10.1 Å². The molecule has 0 aliphatic carbocycles. The lowest BCUT2D eigenvalue weighted by Crippen LogP contribution is -2.81. The van der Waals surface area contributed by atoms with E-state index in [9.17, 15) is 24.3 Å². The number of methoxy groups -OCH3 is 1. The summed E-state index contributed by atoms with van der Waals surface area (Å²) in [6.45, 7) is 0.619. The number of hydrogen-bond acceptors (Lipinski definition) is 8. The molecule has 30 heavy (non-hydrogen) atoms. The lowest BCUT2D eigenvalue weighted by Gasteiger charge is -2.55. The maximum absolute atomic E-state index is 12.9. The SMILES string of the molecule is CO[C@@]1(NC(=O)COc2ccccc2)C(=O)N2C(C(=O)O)=C(COC(C)=O)CS[C@H]21. The molecule has 2 N–H and O–H groups in total. The van der Waals surface area contributed by atoms with Crippen molar-refractivity contribution in [3.05, 3.63) is 41.6 Å². The topological polar surface area (TPSA) is 131 Å². The van der Waals surface area contributed by atoms with Crippen LogP contribution in [0, 0.1) is 0 Å². The molecule has 10 nitrogen and oxygen atoms in total. The average molecular weight is 436 g/mol. The Hall–Kier alpha value is -3.05. The number of thioether (sulfide) groups is 1. The van der Waals surface area contributed by atoms with Crippen molar-refractivity contribution >= 4 is 35.5 Å². The van der Waals surface area contributed by atoms with E-state index < -0.39 is 34.9 Å².